The summed E-state index contributed by atoms with van der Waals surface area (Å²) < 4.78 is 0. The van der Waals surface area contributed by atoms with Gasteiger partial charge in [0.05, 0.1) is 30.0 Å². The highest BCUT2D eigenvalue weighted by molar-refractivity contribution is 5.94. The molecule has 24 heavy (non-hydrogen) atoms. The maximum absolute atomic E-state index is 12.5. The van der Waals surface area contributed by atoms with Gasteiger partial charge in [-0.2, -0.15) is 10.2 Å². The van der Waals surface area contributed by atoms with Gasteiger partial charge in [-0.05, 0) is 30.5 Å². The Balaban J connectivity index is 1.61. The predicted molar refractivity (Wildman–Crippen MR) is 84.7 cm³/mol. The highest BCUT2D eigenvalue weighted by atomic mass is 16.2. The SMILES string of the molecule is O=C(N[C@@H]1CC(=O)N(C2CC2)[C@H]1c1cccnc1)c1ccnnc1. The lowest BCUT2D eigenvalue weighted by Crippen LogP contribution is -2.40. The number of aromatic nitrogens is 3. The zero-order valence-electron chi connectivity index (χ0n) is 13.0. The lowest BCUT2D eigenvalue weighted by Gasteiger charge is -2.28. The molecule has 1 N–H and O–H groups in total. The lowest BCUT2D eigenvalue weighted by atomic mass is 10.0. The van der Waals surface area contributed by atoms with E-state index in [1.54, 1.807) is 18.5 Å². The molecular weight excluding hydrogens is 306 g/mol. The number of likely N-dealkylation sites (tertiary alicyclic amines) is 1. The summed E-state index contributed by atoms with van der Waals surface area (Å²) >= 11 is 0. The third-order valence-corrected chi connectivity index (χ3v) is 4.49. The van der Waals surface area contributed by atoms with Crippen molar-refractivity contribution in [2.24, 2.45) is 0 Å². The first-order valence-corrected chi connectivity index (χ1v) is 8.02. The van der Waals surface area contributed by atoms with Crippen molar-refractivity contribution in [3.63, 3.8) is 0 Å². The Morgan fingerprint density at radius 2 is 2.04 bits per heavy atom. The van der Waals surface area contributed by atoms with Gasteiger partial charge in [0, 0.05) is 24.9 Å². The van der Waals surface area contributed by atoms with E-state index in [1.807, 2.05) is 17.0 Å². The second kappa shape index (κ2) is 5.99. The highest BCUT2D eigenvalue weighted by Crippen LogP contribution is 2.41. The molecule has 1 aliphatic heterocycles. The Morgan fingerprint density at radius 1 is 1.17 bits per heavy atom. The summed E-state index contributed by atoms with van der Waals surface area (Å²) in [5, 5.41) is 10.4. The third kappa shape index (κ3) is 2.73. The van der Waals surface area contributed by atoms with Gasteiger partial charge in [-0.25, -0.2) is 0 Å². The number of amides is 2. The summed E-state index contributed by atoms with van der Waals surface area (Å²) in [7, 11) is 0. The van der Waals surface area contributed by atoms with Crippen LogP contribution in [-0.4, -0.2) is 44.0 Å². The molecule has 1 aliphatic carbocycles. The first-order chi connectivity index (χ1) is 11.7. The number of carbonyl (C=O) groups excluding carboxylic acids is 2. The van der Waals surface area contributed by atoms with E-state index in [2.05, 4.69) is 20.5 Å². The molecule has 4 rings (SSSR count). The van der Waals surface area contributed by atoms with Gasteiger partial charge in [-0.1, -0.05) is 6.07 Å². The Labute approximate surface area is 139 Å². The molecule has 2 atom stereocenters. The maximum Gasteiger partial charge on any atom is 0.253 e. The topological polar surface area (TPSA) is 88.1 Å². The van der Waals surface area contributed by atoms with Gasteiger partial charge in [-0.3, -0.25) is 14.6 Å². The minimum absolute atomic E-state index is 0.0875. The van der Waals surface area contributed by atoms with Crippen LogP contribution in [-0.2, 0) is 4.79 Å². The molecule has 2 aromatic heterocycles. The maximum atomic E-state index is 12.5. The van der Waals surface area contributed by atoms with Crippen LogP contribution in [0.15, 0.2) is 43.0 Å². The standard InChI is InChI=1S/C17H17N5O2/c23-15-8-14(21-17(24)12-5-7-19-20-10-12)16(22(15)13-3-4-13)11-2-1-6-18-9-11/h1-2,5-7,9-10,13-14,16H,3-4,8H2,(H,21,24)/t14-,16+/m1/s1. The van der Waals surface area contributed by atoms with Crippen molar-refractivity contribution in [2.75, 3.05) is 0 Å². The largest absolute Gasteiger partial charge is 0.346 e. The molecule has 3 heterocycles. The molecule has 1 saturated carbocycles. The van der Waals surface area contributed by atoms with Gasteiger partial charge in [-0.15, -0.1) is 0 Å². The highest BCUT2D eigenvalue weighted by Gasteiger charge is 2.47. The van der Waals surface area contributed by atoms with Crippen LogP contribution < -0.4 is 5.32 Å². The molecule has 7 nitrogen and oxygen atoms in total. The molecular formula is C17H17N5O2. The Bertz CT molecular complexity index is 748. The van der Waals surface area contributed by atoms with Crippen LogP contribution in [0.4, 0.5) is 0 Å². The van der Waals surface area contributed by atoms with Crippen molar-refractivity contribution in [2.45, 2.75) is 37.4 Å². The average Bonchev–Trinajstić information content (AvgIpc) is 3.40. The second-order valence-electron chi connectivity index (χ2n) is 6.18. The van der Waals surface area contributed by atoms with Crippen molar-refractivity contribution < 1.29 is 9.59 Å². The van der Waals surface area contributed by atoms with Crippen LogP contribution in [0, 0.1) is 0 Å². The molecule has 122 valence electrons. The molecule has 2 amide bonds. The van der Waals surface area contributed by atoms with E-state index in [-0.39, 0.29) is 29.9 Å². The fourth-order valence-corrected chi connectivity index (χ4v) is 3.29. The molecule has 0 spiro atoms. The van der Waals surface area contributed by atoms with Gasteiger partial charge in [0.25, 0.3) is 5.91 Å². The summed E-state index contributed by atoms with van der Waals surface area (Å²) in [6.07, 6.45) is 8.73. The average molecular weight is 323 g/mol. The van der Waals surface area contributed by atoms with Crippen LogP contribution in [0.2, 0.25) is 0 Å². The summed E-state index contributed by atoms with van der Waals surface area (Å²) in [4.78, 5) is 31.0. The van der Waals surface area contributed by atoms with E-state index in [1.165, 1.54) is 12.4 Å². The minimum atomic E-state index is -0.275. The Kier molecular flexibility index (Phi) is 3.68. The molecule has 2 aromatic rings. The number of hydrogen-bond acceptors (Lipinski definition) is 5. The summed E-state index contributed by atoms with van der Waals surface area (Å²) in [6, 6.07) is 5.26. The van der Waals surface area contributed by atoms with Gasteiger partial charge < -0.3 is 10.2 Å². The smallest absolute Gasteiger partial charge is 0.253 e. The molecule has 2 fully saturated rings. The Hall–Kier alpha value is -2.83. The van der Waals surface area contributed by atoms with Gasteiger partial charge >= 0.3 is 0 Å². The zero-order valence-corrected chi connectivity index (χ0v) is 13.0. The molecule has 1 saturated heterocycles. The van der Waals surface area contributed by atoms with Gasteiger partial charge in [0.15, 0.2) is 0 Å². The number of rotatable bonds is 4. The van der Waals surface area contributed by atoms with Gasteiger partial charge in [0.1, 0.15) is 0 Å². The molecule has 0 aromatic carbocycles. The van der Waals surface area contributed by atoms with E-state index in [9.17, 15) is 9.59 Å². The normalized spacial score (nSPS) is 23.3. The third-order valence-electron chi connectivity index (χ3n) is 4.49. The first kappa shape index (κ1) is 14.7. The fraction of sp³-hybridized carbons (Fsp3) is 0.353. The van der Waals surface area contributed by atoms with E-state index in [0.717, 1.165) is 18.4 Å². The lowest BCUT2D eigenvalue weighted by molar-refractivity contribution is -0.129. The number of hydrogen-bond donors (Lipinski definition) is 1. The van der Waals surface area contributed by atoms with Crippen LogP contribution in [0.5, 0.6) is 0 Å². The van der Waals surface area contributed by atoms with Crippen molar-refractivity contribution in [1.82, 2.24) is 25.4 Å². The van der Waals surface area contributed by atoms with Gasteiger partial charge in [0.2, 0.25) is 5.91 Å². The van der Waals surface area contributed by atoms with E-state index in [4.69, 9.17) is 0 Å². The fourth-order valence-electron chi connectivity index (χ4n) is 3.29. The van der Waals surface area contributed by atoms with E-state index < -0.39 is 0 Å². The van der Waals surface area contributed by atoms with Crippen molar-refractivity contribution >= 4 is 11.8 Å². The number of nitrogens with zero attached hydrogens (tertiary/aromatic N) is 4. The summed E-state index contributed by atoms with van der Waals surface area (Å²) in [6.45, 7) is 0. The quantitative estimate of drug-likeness (QED) is 0.910. The molecule has 2 aliphatic rings. The van der Waals surface area contributed by atoms with Crippen molar-refractivity contribution in [3.05, 3.63) is 54.1 Å². The number of carbonyl (C=O) groups is 2. The van der Waals surface area contributed by atoms with Crippen molar-refractivity contribution in [1.29, 1.82) is 0 Å². The molecule has 7 heteroatoms. The van der Waals surface area contributed by atoms with Crippen LogP contribution in [0.3, 0.4) is 0 Å². The van der Waals surface area contributed by atoms with E-state index in [0.29, 0.717) is 12.0 Å². The Morgan fingerprint density at radius 3 is 2.71 bits per heavy atom. The molecule has 0 bridgehead atoms. The summed E-state index contributed by atoms with van der Waals surface area (Å²) in [5.41, 5.74) is 1.39. The van der Waals surface area contributed by atoms with Crippen LogP contribution in [0.1, 0.15) is 41.2 Å². The monoisotopic (exact) mass is 323 g/mol. The van der Waals surface area contributed by atoms with E-state index >= 15 is 0 Å². The predicted octanol–water partition coefficient (Wildman–Crippen LogP) is 1.11. The molecule has 0 unspecified atom stereocenters. The zero-order chi connectivity index (χ0) is 16.5. The van der Waals surface area contributed by atoms with Crippen LogP contribution in [0.25, 0.3) is 0 Å². The number of nitrogens with one attached hydrogen (secondary N) is 1. The summed E-state index contributed by atoms with van der Waals surface area (Å²) in [5.74, 6) is -0.154. The second-order valence-corrected chi connectivity index (χ2v) is 6.18. The van der Waals surface area contributed by atoms with Crippen LogP contribution >= 0.6 is 0 Å². The number of pyridine rings is 1. The molecule has 0 radical (unpaired) electrons. The minimum Gasteiger partial charge on any atom is -0.346 e. The van der Waals surface area contributed by atoms with Crippen molar-refractivity contribution in [3.8, 4) is 0 Å². The first-order valence-electron chi connectivity index (χ1n) is 8.02.